The summed E-state index contributed by atoms with van der Waals surface area (Å²) in [6.07, 6.45) is 0. The molecule has 0 saturated carbocycles. The Balaban J connectivity index is 1.53. The summed E-state index contributed by atoms with van der Waals surface area (Å²) < 4.78 is 5.38. The van der Waals surface area contributed by atoms with Crippen LogP contribution in [0.5, 0.6) is 0 Å². The van der Waals surface area contributed by atoms with Crippen LogP contribution in [-0.2, 0) is 0 Å². The lowest BCUT2D eigenvalue weighted by Crippen LogP contribution is -2.46. The van der Waals surface area contributed by atoms with Crippen LogP contribution < -0.4 is 9.80 Å². The third-order valence-corrected chi connectivity index (χ3v) is 5.16. The molecule has 3 aromatic rings. The number of benzene rings is 2. The molecule has 2 aromatic carbocycles. The molecule has 0 aliphatic carbocycles. The highest BCUT2D eigenvalue weighted by molar-refractivity contribution is 6.36. The number of anilines is 2. The van der Waals surface area contributed by atoms with Crippen molar-refractivity contribution in [2.45, 2.75) is 0 Å². The van der Waals surface area contributed by atoms with Gasteiger partial charge in [-0.15, -0.1) is 0 Å². The van der Waals surface area contributed by atoms with Crippen LogP contribution in [0.2, 0.25) is 10.0 Å². The summed E-state index contributed by atoms with van der Waals surface area (Å²) in [4.78, 5) is 15.3. The zero-order chi connectivity index (χ0) is 18.3. The van der Waals surface area contributed by atoms with Gasteiger partial charge in [0, 0.05) is 26.2 Å². The summed E-state index contributed by atoms with van der Waals surface area (Å²) in [5, 5.41) is 15.1. The smallest absolute Gasteiger partial charge is 0.335 e. The van der Waals surface area contributed by atoms with Crippen LogP contribution in [0.4, 0.5) is 11.5 Å². The van der Waals surface area contributed by atoms with Crippen molar-refractivity contribution in [3.8, 4) is 0 Å². The number of carbonyl (C=O) groups is 1. The average Bonchev–Trinajstić information content (AvgIpc) is 3.07. The molecule has 1 N–H and O–H groups in total. The SMILES string of the molecule is O=C(O)c1ccc(N2CCN(c3noc4cccc(Cl)c34)CC2)c(Cl)c1. The third kappa shape index (κ3) is 2.95. The Kier molecular flexibility index (Phi) is 4.38. The maximum absolute atomic E-state index is 11.0. The highest BCUT2D eigenvalue weighted by Crippen LogP contribution is 2.34. The van der Waals surface area contributed by atoms with Gasteiger partial charge in [0.15, 0.2) is 11.4 Å². The molecule has 1 aliphatic heterocycles. The number of aromatic carboxylic acids is 1. The molecule has 8 heteroatoms. The van der Waals surface area contributed by atoms with E-state index in [0.29, 0.717) is 15.6 Å². The summed E-state index contributed by atoms with van der Waals surface area (Å²) in [6, 6.07) is 10.3. The molecule has 1 saturated heterocycles. The number of hydrogen-bond donors (Lipinski definition) is 1. The predicted molar refractivity (Wildman–Crippen MR) is 102 cm³/mol. The summed E-state index contributed by atoms with van der Waals surface area (Å²) in [5.74, 6) is -0.240. The van der Waals surface area contributed by atoms with Crippen molar-refractivity contribution in [2.24, 2.45) is 0 Å². The molecular weight excluding hydrogens is 377 g/mol. The van der Waals surface area contributed by atoms with E-state index in [1.165, 1.54) is 6.07 Å². The Morgan fingerprint density at radius 1 is 1.04 bits per heavy atom. The van der Waals surface area contributed by atoms with Crippen LogP contribution in [0.1, 0.15) is 10.4 Å². The molecule has 1 aliphatic rings. The Morgan fingerprint density at radius 2 is 1.77 bits per heavy atom. The number of hydrogen-bond acceptors (Lipinski definition) is 5. The van der Waals surface area contributed by atoms with Gasteiger partial charge in [-0.2, -0.15) is 0 Å². The highest BCUT2D eigenvalue weighted by atomic mass is 35.5. The normalized spacial score (nSPS) is 14.8. The van der Waals surface area contributed by atoms with Gasteiger partial charge in [-0.1, -0.05) is 34.4 Å². The van der Waals surface area contributed by atoms with Crippen molar-refractivity contribution >= 4 is 51.6 Å². The minimum atomic E-state index is -0.988. The first-order valence-electron chi connectivity index (χ1n) is 8.11. The molecule has 4 rings (SSSR count). The lowest BCUT2D eigenvalue weighted by atomic mass is 10.1. The van der Waals surface area contributed by atoms with Crippen molar-refractivity contribution in [1.29, 1.82) is 0 Å². The molecule has 0 atom stereocenters. The number of piperazine rings is 1. The van der Waals surface area contributed by atoms with Crippen molar-refractivity contribution in [2.75, 3.05) is 36.0 Å². The topological polar surface area (TPSA) is 69.8 Å². The van der Waals surface area contributed by atoms with E-state index >= 15 is 0 Å². The van der Waals surface area contributed by atoms with E-state index in [1.807, 2.05) is 18.2 Å². The fraction of sp³-hybridized carbons (Fsp3) is 0.222. The Hall–Kier alpha value is -2.44. The molecule has 2 heterocycles. The van der Waals surface area contributed by atoms with Gasteiger partial charge in [0.25, 0.3) is 0 Å². The first-order valence-corrected chi connectivity index (χ1v) is 8.87. The molecule has 0 amide bonds. The lowest BCUT2D eigenvalue weighted by Gasteiger charge is -2.36. The maximum atomic E-state index is 11.0. The minimum absolute atomic E-state index is 0.182. The number of carboxylic acid groups (broad SMARTS) is 1. The molecule has 0 unspecified atom stereocenters. The van der Waals surface area contributed by atoms with Gasteiger partial charge in [0.1, 0.15) is 0 Å². The first kappa shape index (κ1) is 17.0. The van der Waals surface area contributed by atoms with Crippen LogP contribution >= 0.6 is 23.2 Å². The van der Waals surface area contributed by atoms with E-state index in [1.54, 1.807) is 12.1 Å². The van der Waals surface area contributed by atoms with Gasteiger partial charge in [0.2, 0.25) is 0 Å². The molecule has 0 radical (unpaired) electrons. The lowest BCUT2D eigenvalue weighted by molar-refractivity contribution is 0.0697. The van der Waals surface area contributed by atoms with Crippen LogP contribution in [0.3, 0.4) is 0 Å². The van der Waals surface area contributed by atoms with E-state index in [0.717, 1.165) is 43.1 Å². The van der Waals surface area contributed by atoms with Gasteiger partial charge in [0.05, 0.1) is 26.7 Å². The summed E-state index contributed by atoms with van der Waals surface area (Å²) in [6.45, 7) is 2.91. The standard InChI is InChI=1S/C18H15Cl2N3O3/c19-12-2-1-3-15-16(12)17(21-26-15)23-8-6-22(7-9-23)14-5-4-11(18(24)25)10-13(14)20/h1-5,10H,6-9H2,(H,24,25). The minimum Gasteiger partial charge on any atom is -0.478 e. The Labute approximate surface area is 159 Å². The second-order valence-corrected chi connectivity index (χ2v) is 6.88. The van der Waals surface area contributed by atoms with E-state index in [2.05, 4.69) is 15.0 Å². The molecule has 134 valence electrons. The Bertz CT molecular complexity index is 981. The van der Waals surface area contributed by atoms with Crippen LogP contribution in [-0.4, -0.2) is 42.4 Å². The monoisotopic (exact) mass is 391 g/mol. The number of carboxylic acids is 1. The van der Waals surface area contributed by atoms with Gasteiger partial charge in [-0.3, -0.25) is 0 Å². The van der Waals surface area contributed by atoms with Gasteiger partial charge < -0.3 is 19.4 Å². The van der Waals surface area contributed by atoms with Crippen LogP contribution in [0.15, 0.2) is 40.9 Å². The fourth-order valence-electron chi connectivity index (χ4n) is 3.21. The molecular formula is C18H15Cl2N3O3. The van der Waals surface area contributed by atoms with Crippen molar-refractivity contribution in [3.05, 3.63) is 52.0 Å². The van der Waals surface area contributed by atoms with E-state index in [4.69, 9.17) is 32.8 Å². The Morgan fingerprint density at radius 3 is 2.46 bits per heavy atom. The molecule has 26 heavy (non-hydrogen) atoms. The zero-order valence-corrected chi connectivity index (χ0v) is 15.2. The van der Waals surface area contributed by atoms with E-state index < -0.39 is 5.97 Å². The summed E-state index contributed by atoms with van der Waals surface area (Å²) in [5.41, 5.74) is 1.68. The number of aromatic nitrogens is 1. The van der Waals surface area contributed by atoms with Crippen LogP contribution in [0.25, 0.3) is 11.0 Å². The van der Waals surface area contributed by atoms with E-state index in [9.17, 15) is 4.79 Å². The molecule has 1 fully saturated rings. The average molecular weight is 392 g/mol. The summed E-state index contributed by atoms with van der Waals surface area (Å²) >= 11 is 12.6. The van der Waals surface area contributed by atoms with E-state index in [-0.39, 0.29) is 5.56 Å². The maximum Gasteiger partial charge on any atom is 0.335 e. The van der Waals surface area contributed by atoms with Crippen molar-refractivity contribution in [1.82, 2.24) is 5.16 Å². The molecule has 6 nitrogen and oxygen atoms in total. The van der Waals surface area contributed by atoms with Gasteiger partial charge in [-0.25, -0.2) is 4.79 Å². The van der Waals surface area contributed by atoms with Crippen molar-refractivity contribution in [3.63, 3.8) is 0 Å². The quantitative estimate of drug-likeness (QED) is 0.722. The molecule has 0 spiro atoms. The molecule has 0 bridgehead atoms. The largest absolute Gasteiger partial charge is 0.478 e. The second-order valence-electron chi connectivity index (χ2n) is 6.06. The number of rotatable bonds is 3. The number of nitrogens with zero attached hydrogens (tertiary/aromatic N) is 3. The van der Waals surface area contributed by atoms with Gasteiger partial charge in [-0.05, 0) is 30.3 Å². The van der Waals surface area contributed by atoms with Crippen LogP contribution in [0, 0.1) is 0 Å². The first-order chi connectivity index (χ1) is 12.5. The third-order valence-electron chi connectivity index (χ3n) is 4.54. The highest BCUT2D eigenvalue weighted by Gasteiger charge is 2.24. The second kappa shape index (κ2) is 6.70. The van der Waals surface area contributed by atoms with Gasteiger partial charge >= 0.3 is 5.97 Å². The van der Waals surface area contributed by atoms with Crippen molar-refractivity contribution < 1.29 is 14.4 Å². The number of halogens is 2. The summed E-state index contributed by atoms with van der Waals surface area (Å²) in [7, 11) is 0. The fourth-order valence-corrected chi connectivity index (χ4v) is 3.76. The zero-order valence-electron chi connectivity index (χ0n) is 13.7. The predicted octanol–water partition coefficient (Wildman–Crippen LogP) is 4.16. The number of fused-ring (bicyclic) bond motifs is 1. The molecule has 1 aromatic heterocycles.